The minimum absolute atomic E-state index is 0.827. The quantitative estimate of drug-likeness (QED) is 0.310. The second-order valence-corrected chi connectivity index (χ2v) is 8.58. The van der Waals surface area contributed by atoms with Gasteiger partial charge in [0.25, 0.3) is 0 Å². The third-order valence-corrected chi connectivity index (χ3v) is 5.95. The highest BCUT2D eigenvalue weighted by atomic mass is 15.2. The summed E-state index contributed by atoms with van der Waals surface area (Å²) >= 11 is 0. The first-order chi connectivity index (χ1) is 15.2. The summed E-state index contributed by atoms with van der Waals surface area (Å²) in [4.78, 5) is 5.26. The van der Waals surface area contributed by atoms with Crippen LogP contribution in [0, 0.1) is 0 Å². The van der Waals surface area contributed by atoms with Crippen LogP contribution in [-0.4, -0.2) is 62.2 Å². The standard InChI is InChI=1S/C25H40N6/c26-24-8-4-22(5-9-24)20-28-12-1-14-30-16-3-17-31(19-18-30)15-2-13-29-21-23-6-10-25(27)11-7-23/h4-11,28-29H,1-3,12-21,26-27H2. The Kier molecular flexibility index (Phi) is 10.1. The Bertz CT molecular complexity index is 667. The lowest BCUT2D eigenvalue weighted by atomic mass is 10.2. The fourth-order valence-corrected chi connectivity index (χ4v) is 4.06. The van der Waals surface area contributed by atoms with Gasteiger partial charge >= 0.3 is 0 Å². The average molecular weight is 425 g/mol. The van der Waals surface area contributed by atoms with Crippen molar-refractivity contribution >= 4 is 11.4 Å². The lowest BCUT2D eigenvalue weighted by Crippen LogP contribution is -2.33. The molecule has 31 heavy (non-hydrogen) atoms. The molecule has 3 rings (SSSR count). The van der Waals surface area contributed by atoms with E-state index in [1.807, 2.05) is 24.3 Å². The first-order valence-electron chi connectivity index (χ1n) is 11.7. The lowest BCUT2D eigenvalue weighted by Gasteiger charge is -2.22. The maximum Gasteiger partial charge on any atom is 0.0314 e. The summed E-state index contributed by atoms with van der Waals surface area (Å²) in [5, 5.41) is 7.10. The number of hydrogen-bond donors (Lipinski definition) is 4. The van der Waals surface area contributed by atoms with Crippen LogP contribution in [0.15, 0.2) is 48.5 Å². The third-order valence-electron chi connectivity index (χ3n) is 5.95. The van der Waals surface area contributed by atoms with E-state index in [1.165, 1.54) is 69.7 Å². The van der Waals surface area contributed by atoms with Crippen LogP contribution >= 0.6 is 0 Å². The van der Waals surface area contributed by atoms with E-state index in [9.17, 15) is 0 Å². The van der Waals surface area contributed by atoms with Gasteiger partial charge in [0.2, 0.25) is 0 Å². The van der Waals surface area contributed by atoms with Gasteiger partial charge in [-0.1, -0.05) is 24.3 Å². The van der Waals surface area contributed by atoms with Crippen molar-refractivity contribution in [1.29, 1.82) is 0 Å². The largest absolute Gasteiger partial charge is 0.399 e. The molecule has 0 amide bonds. The zero-order valence-corrected chi connectivity index (χ0v) is 18.9. The van der Waals surface area contributed by atoms with Crippen LogP contribution in [0.5, 0.6) is 0 Å². The molecule has 0 aromatic heterocycles. The molecule has 0 bridgehead atoms. The molecular weight excluding hydrogens is 384 g/mol. The second-order valence-electron chi connectivity index (χ2n) is 8.58. The second kappa shape index (κ2) is 13.3. The summed E-state index contributed by atoms with van der Waals surface area (Å²) in [6, 6.07) is 16.3. The number of nitrogens with zero attached hydrogens (tertiary/aromatic N) is 2. The molecule has 1 fully saturated rings. The first-order valence-corrected chi connectivity index (χ1v) is 11.7. The van der Waals surface area contributed by atoms with Gasteiger partial charge in [-0.15, -0.1) is 0 Å². The van der Waals surface area contributed by atoms with Crippen molar-refractivity contribution in [3.8, 4) is 0 Å². The molecular formula is C25H40N6. The molecule has 0 atom stereocenters. The number of rotatable bonds is 12. The number of anilines is 2. The highest BCUT2D eigenvalue weighted by Gasteiger charge is 2.13. The predicted octanol–water partition coefficient (Wildman–Crippen LogP) is 2.52. The number of hydrogen-bond acceptors (Lipinski definition) is 6. The minimum Gasteiger partial charge on any atom is -0.399 e. The molecule has 2 aromatic rings. The molecule has 0 spiro atoms. The van der Waals surface area contributed by atoms with Crippen molar-refractivity contribution < 1.29 is 0 Å². The van der Waals surface area contributed by atoms with E-state index in [0.29, 0.717) is 0 Å². The fourth-order valence-electron chi connectivity index (χ4n) is 4.06. The Balaban J connectivity index is 1.20. The summed E-state index contributed by atoms with van der Waals surface area (Å²) < 4.78 is 0. The Morgan fingerprint density at radius 3 is 1.45 bits per heavy atom. The molecule has 1 aliphatic rings. The molecule has 1 aliphatic heterocycles. The Morgan fingerprint density at radius 1 is 0.613 bits per heavy atom. The van der Waals surface area contributed by atoms with E-state index < -0.39 is 0 Å². The van der Waals surface area contributed by atoms with Crippen LogP contribution < -0.4 is 22.1 Å². The average Bonchev–Trinajstić information content (AvgIpc) is 3.01. The van der Waals surface area contributed by atoms with E-state index >= 15 is 0 Å². The van der Waals surface area contributed by atoms with E-state index in [0.717, 1.165) is 37.6 Å². The molecule has 0 aliphatic carbocycles. The summed E-state index contributed by atoms with van der Waals surface area (Å²) in [6.45, 7) is 11.2. The van der Waals surface area contributed by atoms with E-state index in [-0.39, 0.29) is 0 Å². The molecule has 0 radical (unpaired) electrons. The third kappa shape index (κ3) is 9.27. The monoisotopic (exact) mass is 424 g/mol. The van der Waals surface area contributed by atoms with E-state index in [4.69, 9.17) is 11.5 Å². The summed E-state index contributed by atoms with van der Waals surface area (Å²) in [7, 11) is 0. The first kappa shape index (κ1) is 23.5. The summed E-state index contributed by atoms with van der Waals surface area (Å²) in [5.74, 6) is 0. The minimum atomic E-state index is 0.827. The van der Waals surface area contributed by atoms with Crippen LogP contribution in [0.1, 0.15) is 30.4 Å². The molecule has 1 saturated heterocycles. The lowest BCUT2D eigenvalue weighted by molar-refractivity contribution is 0.252. The van der Waals surface area contributed by atoms with Crippen LogP contribution in [0.3, 0.4) is 0 Å². The van der Waals surface area contributed by atoms with Crippen molar-refractivity contribution in [1.82, 2.24) is 20.4 Å². The van der Waals surface area contributed by atoms with Gasteiger partial charge in [0, 0.05) is 37.6 Å². The SMILES string of the molecule is Nc1ccc(CNCCCN2CCCN(CCCNCc3ccc(N)cc3)CC2)cc1. The molecule has 0 saturated carbocycles. The zero-order valence-electron chi connectivity index (χ0n) is 18.9. The normalized spacial score (nSPS) is 15.7. The Morgan fingerprint density at radius 2 is 1.03 bits per heavy atom. The van der Waals surface area contributed by atoms with Crippen molar-refractivity contribution in [2.45, 2.75) is 32.4 Å². The van der Waals surface area contributed by atoms with Gasteiger partial charge in [0.15, 0.2) is 0 Å². The van der Waals surface area contributed by atoms with Crippen molar-refractivity contribution in [3.05, 3.63) is 59.7 Å². The van der Waals surface area contributed by atoms with Crippen molar-refractivity contribution in [3.63, 3.8) is 0 Å². The number of benzene rings is 2. The van der Waals surface area contributed by atoms with Crippen LogP contribution in [0.4, 0.5) is 11.4 Å². The zero-order chi connectivity index (χ0) is 21.7. The summed E-state index contributed by atoms with van der Waals surface area (Å²) in [6.07, 6.45) is 3.67. The van der Waals surface area contributed by atoms with Gasteiger partial charge in [-0.05, 0) is 93.9 Å². The number of nitrogen functional groups attached to an aromatic ring is 2. The highest BCUT2D eigenvalue weighted by molar-refractivity contribution is 5.39. The maximum atomic E-state index is 5.74. The van der Waals surface area contributed by atoms with Crippen molar-refractivity contribution in [2.24, 2.45) is 0 Å². The fraction of sp³-hybridized carbons (Fsp3) is 0.520. The van der Waals surface area contributed by atoms with E-state index in [2.05, 4.69) is 44.7 Å². The van der Waals surface area contributed by atoms with Crippen molar-refractivity contribution in [2.75, 3.05) is 63.8 Å². The molecule has 0 unspecified atom stereocenters. The molecule has 1 heterocycles. The smallest absolute Gasteiger partial charge is 0.0314 e. The molecule has 170 valence electrons. The molecule has 6 nitrogen and oxygen atoms in total. The van der Waals surface area contributed by atoms with Gasteiger partial charge in [0.1, 0.15) is 0 Å². The van der Waals surface area contributed by atoms with Gasteiger partial charge in [-0.3, -0.25) is 0 Å². The van der Waals surface area contributed by atoms with E-state index in [1.54, 1.807) is 0 Å². The Hall–Kier alpha value is -2.12. The maximum absolute atomic E-state index is 5.74. The van der Waals surface area contributed by atoms with Gasteiger partial charge in [-0.2, -0.15) is 0 Å². The molecule has 2 aromatic carbocycles. The topological polar surface area (TPSA) is 82.6 Å². The van der Waals surface area contributed by atoms with Crippen LogP contribution in [0.2, 0.25) is 0 Å². The highest BCUT2D eigenvalue weighted by Crippen LogP contribution is 2.07. The van der Waals surface area contributed by atoms with Gasteiger partial charge in [-0.25, -0.2) is 0 Å². The summed E-state index contributed by atoms with van der Waals surface area (Å²) in [5.41, 5.74) is 15.7. The molecule has 6 N–H and O–H groups in total. The number of nitrogens with one attached hydrogen (secondary N) is 2. The van der Waals surface area contributed by atoms with Crippen LogP contribution in [0.25, 0.3) is 0 Å². The molecule has 6 heteroatoms. The predicted molar refractivity (Wildman–Crippen MR) is 132 cm³/mol. The van der Waals surface area contributed by atoms with Gasteiger partial charge < -0.3 is 31.9 Å². The number of nitrogens with two attached hydrogens (primary N) is 2. The van der Waals surface area contributed by atoms with Gasteiger partial charge in [0.05, 0.1) is 0 Å². The van der Waals surface area contributed by atoms with Crippen LogP contribution in [-0.2, 0) is 13.1 Å². The Labute approximate surface area is 188 Å².